The lowest BCUT2D eigenvalue weighted by Gasteiger charge is -2.17. The van der Waals surface area contributed by atoms with Crippen molar-refractivity contribution in [2.24, 2.45) is 0 Å². The standard InChI is InChI=1S/C19H21N3O2/c23-18(7-6-15-4-2-1-3-5-15)22-13-10-17(14-22)21-19(24)16-8-11-20-12-9-16/h1-5,8-9,11-12,17H,6-7,10,13-14H2,(H,21,24)/t17-/m1/s1. The van der Waals surface area contributed by atoms with Gasteiger partial charge in [-0.3, -0.25) is 14.6 Å². The molecule has 1 aromatic carbocycles. The minimum absolute atomic E-state index is 0.0198. The maximum atomic E-state index is 12.3. The van der Waals surface area contributed by atoms with Gasteiger partial charge in [-0.2, -0.15) is 0 Å². The fourth-order valence-electron chi connectivity index (χ4n) is 2.93. The molecule has 5 nitrogen and oxygen atoms in total. The largest absolute Gasteiger partial charge is 0.347 e. The third kappa shape index (κ3) is 4.19. The van der Waals surface area contributed by atoms with Crippen molar-refractivity contribution in [2.45, 2.75) is 25.3 Å². The van der Waals surface area contributed by atoms with Crippen LogP contribution in [0.5, 0.6) is 0 Å². The van der Waals surface area contributed by atoms with Gasteiger partial charge in [0.1, 0.15) is 0 Å². The minimum atomic E-state index is -0.110. The smallest absolute Gasteiger partial charge is 0.251 e. The first-order valence-electron chi connectivity index (χ1n) is 8.25. The lowest BCUT2D eigenvalue weighted by atomic mass is 10.1. The van der Waals surface area contributed by atoms with Gasteiger partial charge >= 0.3 is 0 Å². The number of nitrogens with zero attached hydrogens (tertiary/aromatic N) is 2. The van der Waals surface area contributed by atoms with E-state index in [-0.39, 0.29) is 17.9 Å². The van der Waals surface area contributed by atoms with Crippen molar-refractivity contribution < 1.29 is 9.59 Å². The molecule has 5 heteroatoms. The van der Waals surface area contributed by atoms with Crippen molar-refractivity contribution in [1.29, 1.82) is 0 Å². The highest BCUT2D eigenvalue weighted by Gasteiger charge is 2.27. The van der Waals surface area contributed by atoms with Crippen molar-refractivity contribution in [3.63, 3.8) is 0 Å². The van der Waals surface area contributed by atoms with Crippen molar-refractivity contribution in [1.82, 2.24) is 15.2 Å². The van der Waals surface area contributed by atoms with Gasteiger partial charge in [0.2, 0.25) is 5.91 Å². The zero-order valence-electron chi connectivity index (χ0n) is 13.5. The van der Waals surface area contributed by atoms with Gasteiger partial charge in [-0.1, -0.05) is 30.3 Å². The van der Waals surface area contributed by atoms with Gasteiger partial charge in [-0.15, -0.1) is 0 Å². The second-order valence-corrected chi connectivity index (χ2v) is 6.02. The fourth-order valence-corrected chi connectivity index (χ4v) is 2.93. The molecule has 124 valence electrons. The molecule has 1 aliphatic rings. The molecule has 0 radical (unpaired) electrons. The first kappa shape index (κ1) is 16.2. The van der Waals surface area contributed by atoms with E-state index in [1.165, 1.54) is 5.56 Å². The SMILES string of the molecule is O=C(N[C@@H]1CCN(C(=O)CCc2ccccc2)C1)c1ccncc1. The van der Waals surface area contributed by atoms with Crippen LogP contribution in [-0.2, 0) is 11.2 Å². The van der Waals surface area contributed by atoms with Crippen molar-refractivity contribution in [3.05, 3.63) is 66.0 Å². The van der Waals surface area contributed by atoms with Crippen LogP contribution in [0.15, 0.2) is 54.9 Å². The van der Waals surface area contributed by atoms with Crippen LogP contribution < -0.4 is 5.32 Å². The maximum Gasteiger partial charge on any atom is 0.251 e. The van der Waals surface area contributed by atoms with Gasteiger partial charge in [0.15, 0.2) is 0 Å². The van der Waals surface area contributed by atoms with E-state index in [2.05, 4.69) is 10.3 Å². The molecule has 24 heavy (non-hydrogen) atoms. The summed E-state index contributed by atoms with van der Waals surface area (Å²) in [7, 11) is 0. The molecule has 1 N–H and O–H groups in total. The molecule has 0 bridgehead atoms. The Hall–Kier alpha value is -2.69. The molecule has 1 aliphatic heterocycles. The quantitative estimate of drug-likeness (QED) is 0.916. The van der Waals surface area contributed by atoms with E-state index in [1.807, 2.05) is 35.2 Å². The molecule has 2 aromatic rings. The Morgan fingerprint density at radius 3 is 2.62 bits per heavy atom. The van der Waals surface area contributed by atoms with E-state index in [0.717, 1.165) is 12.8 Å². The van der Waals surface area contributed by atoms with Gasteiger partial charge in [0.05, 0.1) is 0 Å². The summed E-state index contributed by atoms with van der Waals surface area (Å²) < 4.78 is 0. The van der Waals surface area contributed by atoms with Crippen LogP contribution in [0.3, 0.4) is 0 Å². The van der Waals surface area contributed by atoms with Crippen molar-refractivity contribution in [3.8, 4) is 0 Å². The predicted molar refractivity (Wildman–Crippen MR) is 91.5 cm³/mol. The summed E-state index contributed by atoms with van der Waals surface area (Å²) in [5, 5.41) is 2.99. The van der Waals surface area contributed by atoms with E-state index >= 15 is 0 Å². The van der Waals surface area contributed by atoms with Crippen LogP contribution in [0.1, 0.15) is 28.8 Å². The summed E-state index contributed by atoms with van der Waals surface area (Å²) in [5.74, 6) is 0.0421. The Bertz CT molecular complexity index is 688. The molecule has 0 saturated carbocycles. The molecule has 1 saturated heterocycles. The summed E-state index contributed by atoms with van der Waals surface area (Å²) in [6.07, 6.45) is 5.26. The fraction of sp³-hybridized carbons (Fsp3) is 0.316. The highest BCUT2D eigenvalue weighted by Crippen LogP contribution is 2.13. The molecule has 3 rings (SSSR count). The van der Waals surface area contributed by atoms with Gasteiger partial charge in [-0.05, 0) is 30.5 Å². The molecule has 1 fully saturated rings. The molecule has 1 aromatic heterocycles. The number of aromatic nitrogens is 1. The van der Waals surface area contributed by atoms with Gasteiger partial charge in [0, 0.05) is 43.5 Å². The van der Waals surface area contributed by atoms with Gasteiger partial charge in [-0.25, -0.2) is 0 Å². The lowest BCUT2D eigenvalue weighted by Crippen LogP contribution is -2.38. The monoisotopic (exact) mass is 323 g/mol. The molecular weight excluding hydrogens is 302 g/mol. The summed E-state index contributed by atoms with van der Waals surface area (Å²) in [6, 6.07) is 13.4. The summed E-state index contributed by atoms with van der Waals surface area (Å²) in [5.41, 5.74) is 1.77. The number of benzene rings is 1. The Morgan fingerprint density at radius 1 is 1.12 bits per heavy atom. The number of pyridine rings is 1. The normalized spacial score (nSPS) is 16.8. The Kier molecular flexibility index (Phi) is 5.21. The molecule has 2 heterocycles. The number of amides is 2. The number of likely N-dealkylation sites (tertiary alicyclic amines) is 1. The van der Waals surface area contributed by atoms with E-state index in [1.54, 1.807) is 24.5 Å². The highest BCUT2D eigenvalue weighted by molar-refractivity contribution is 5.94. The number of hydrogen-bond acceptors (Lipinski definition) is 3. The average molecular weight is 323 g/mol. The maximum absolute atomic E-state index is 12.3. The molecule has 0 unspecified atom stereocenters. The third-order valence-electron chi connectivity index (χ3n) is 4.29. The van der Waals surface area contributed by atoms with Crippen LogP contribution >= 0.6 is 0 Å². The van der Waals surface area contributed by atoms with Gasteiger partial charge < -0.3 is 10.2 Å². The molecule has 2 amide bonds. The Balaban J connectivity index is 1.46. The topological polar surface area (TPSA) is 62.3 Å². The number of rotatable bonds is 5. The number of carbonyl (C=O) groups excluding carboxylic acids is 2. The first-order valence-corrected chi connectivity index (χ1v) is 8.25. The molecule has 0 spiro atoms. The van der Waals surface area contributed by atoms with Crippen LogP contribution in [0.2, 0.25) is 0 Å². The molecular formula is C19H21N3O2. The first-order chi connectivity index (χ1) is 11.7. The van der Waals surface area contributed by atoms with Crippen LogP contribution in [-0.4, -0.2) is 40.8 Å². The zero-order valence-corrected chi connectivity index (χ0v) is 13.5. The molecule has 1 atom stereocenters. The van der Waals surface area contributed by atoms with Crippen LogP contribution in [0, 0.1) is 0 Å². The van der Waals surface area contributed by atoms with Crippen LogP contribution in [0.4, 0.5) is 0 Å². The summed E-state index contributed by atoms with van der Waals surface area (Å²) in [4.78, 5) is 30.2. The average Bonchev–Trinajstić information content (AvgIpc) is 3.10. The third-order valence-corrected chi connectivity index (χ3v) is 4.29. The number of nitrogens with one attached hydrogen (secondary N) is 1. The predicted octanol–water partition coefficient (Wildman–Crippen LogP) is 2.05. The van der Waals surface area contributed by atoms with E-state index in [9.17, 15) is 9.59 Å². The van der Waals surface area contributed by atoms with Gasteiger partial charge in [0.25, 0.3) is 5.91 Å². The van der Waals surface area contributed by atoms with E-state index < -0.39 is 0 Å². The number of carbonyl (C=O) groups is 2. The van der Waals surface area contributed by atoms with E-state index in [0.29, 0.717) is 25.1 Å². The number of hydrogen-bond donors (Lipinski definition) is 1. The summed E-state index contributed by atoms with van der Waals surface area (Å²) in [6.45, 7) is 1.29. The second kappa shape index (κ2) is 7.73. The second-order valence-electron chi connectivity index (χ2n) is 6.02. The van der Waals surface area contributed by atoms with Crippen LogP contribution in [0.25, 0.3) is 0 Å². The van der Waals surface area contributed by atoms with E-state index in [4.69, 9.17) is 0 Å². The highest BCUT2D eigenvalue weighted by atomic mass is 16.2. The number of aryl methyl sites for hydroxylation is 1. The zero-order chi connectivity index (χ0) is 16.8. The lowest BCUT2D eigenvalue weighted by molar-refractivity contribution is -0.130. The Morgan fingerprint density at radius 2 is 1.88 bits per heavy atom. The molecule has 0 aliphatic carbocycles. The minimum Gasteiger partial charge on any atom is -0.347 e. The summed E-state index contributed by atoms with van der Waals surface area (Å²) >= 11 is 0. The van der Waals surface area contributed by atoms with Crippen molar-refractivity contribution >= 4 is 11.8 Å². The Labute approximate surface area is 141 Å². The van der Waals surface area contributed by atoms with Crippen molar-refractivity contribution in [2.75, 3.05) is 13.1 Å².